The molecule has 2 N–H and O–H groups in total. The SMILES string of the molecule is O=C(CSc1nnc(-c2ccccc2O)n1-c1ccccc1)Nc1nc(-c2ccccc2)cs1. The van der Waals surface area contributed by atoms with Crippen molar-refractivity contribution < 1.29 is 9.90 Å². The summed E-state index contributed by atoms with van der Waals surface area (Å²) in [5.74, 6) is 0.552. The first-order valence-corrected chi connectivity index (χ1v) is 12.3. The highest BCUT2D eigenvalue weighted by atomic mass is 32.2. The van der Waals surface area contributed by atoms with Crippen molar-refractivity contribution in [3.05, 3.63) is 90.3 Å². The van der Waals surface area contributed by atoms with Crippen LogP contribution in [0.25, 0.3) is 28.3 Å². The van der Waals surface area contributed by atoms with Gasteiger partial charge in [0.25, 0.3) is 0 Å². The molecule has 3 aromatic carbocycles. The van der Waals surface area contributed by atoms with Gasteiger partial charge in [-0.25, -0.2) is 4.98 Å². The zero-order chi connectivity index (χ0) is 23.3. The Morgan fingerprint density at radius 3 is 2.41 bits per heavy atom. The Morgan fingerprint density at radius 2 is 1.65 bits per heavy atom. The molecule has 5 rings (SSSR count). The third-order valence-electron chi connectivity index (χ3n) is 4.95. The number of phenols is 1. The molecule has 7 nitrogen and oxygen atoms in total. The van der Waals surface area contributed by atoms with Crippen molar-refractivity contribution in [3.8, 4) is 34.1 Å². The number of anilines is 1. The molecular weight excluding hydrogens is 466 g/mol. The van der Waals surface area contributed by atoms with E-state index < -0.39 is 0 Å². The molecule has 0 fully saturated rings. The van der Waals surface area contributed by atoms with Crippen LogP contribution in [-0.2, 0) is 4.79 Å². The topological polar surface area (TPSA) is 92.9 Å². The van der Waals surface area contributed by atoms with Crippen LogP contribution >= 0.6 is 23.1 Å². The molecule has 0 unspecified atom stereocenters. The molecule has 0 saturated carbocycles. The molecule has 0 bridgehead atoms. The van der Waals surface area contributed by atoms with Gasteiger partial charge in [-0.05, 0) is 24.3 Å². The number of thiazole rings is 1. The number of carbonyl (C=O) groups is 1. The number of aromatic nitrogens is 4. The Bertz CT molecular complexity index is 1420. The van der Waals surface area contributed by atoms with Crippen LogP contribution in [0.15, 0.2) is 95.5 Å². The van der Waals surface area contributed by atoms with Gasteiger partial charge in [0.05, 0.1) is 17.0 Å². The van der Waals surface area contributed by atoms with Gasteiger partial charge in [0, 0.05) is 16.6 Å². The van der Waals surface area contributed by atoms with Crippen LogP contribution in [0.5, 0.6) is 5.75 Å². The minimum absolute atomic E-state index is 0.111. The summed E-state index contributed by atoms with van der Waals surface area (Å²) in [5, 5.41) is 24.8. The number of hydrogen-bond donors (Lipinski definition) is 2. The van der Waals surface area contributed by atoms with E-state index >= 15 is 0 Å². The third kappa shape index (κ3) is 4.70. The first-order valence-electron chi connectivity index (χ1n) is 10.4. The fourth-order valence-electron chi connectivity index (χ4n) is 3.37. The van der Waals surface area contributed by atoms with Crippen LogP contribution in [0.2, 0.25) is 0 Å². The highest BCUT2D eigenvalue weighted by molar-refractivity contribution is 7.99. The van der Waals surface area contributed by atoms with Gasteiger partial charge in [-0.3, -0.25) is 9.36 Å². The normalized spacial score (nSPS) is 10.8. The van der Waals surface area contributed by atoms with Crippen LogP contribution in [0, 0.1) is 0 Å². The molecule has 0 atom stereocenters. The maximum Gasteiger partial charge on any atom is 0.236 e. The Labute approximate surface area is 204 Å². The minimum Gasteiger partial charge on any atom is -0.507 e. The van der Waals surface area contributed by atoms with Crippen LogP contribution in [0.4, 0.5) is 5.13 Å². The summed E-state index contributed by atoms with van der Waals surface area (Å²) in [4.78, 5) is 17.2. The number of nitrogens with zero attached hydrogens (tertiary/aromatic N) is 4. The van der Waals surface area contributed by atoms with Gasteiger partial charge in [-0.15, -0.1) is 21.5 Å². The number of carbonyl (C=O) groups excluding carboxylic acids is 1. The molecule has 2 aromatic heterocycles. The summed E-state index contributed by atoms with van der Waals surface area (Å²) in [5.41, 5.74) is 3.22. The van der Waals surface area contributed by atoms with E-state index in [1.807, 2.05) is 76.7 Å². The van der Waals surface area contributed by atoms with Crippen molar-refractivity contribution in [2.24, 2.45) is 0 Å². The average Bonchev–Trinajstić information content (AvgIpc) is 3.51. The number of aromatic hydroxyl groups is 1. The van der Waals surface area contributed by atoms with Gasteiger partial charge >= 0.3 is 0 Å². The van der Waals surface area contributed by atoms with Crippen molar-refractivity contribution in [2.75, 3.05) is 11.1 Å². The second-order valence-corrected chi connectivity index (χ2v) is 9.04. The smallest absolute Gasteiger partial charge is 0.236 e. The molecule has 0 spiro atoms. The Hall–Kier alpha value is -3.95. The van der Waals surface area contributed by atoms with Crippen LogP contribution in [-0.4, -0.2) is 36.5 Å². The molecular formula is C25H19N5O2S2. The summed E-state index contributed by atoms with van der Waals surface area (Å²) in [6.07, 6.45) is 0. The summed E-state index contributed by atoms with van der Waals surface area (Å²) >= 11 is 2.65. The molecule has 34 heavy (non-hydrogen) atoms. The van der Waals surface area contributed by atoms with E-state index in [0.717, 1.165) is 16.9 Å². The van der Waals surface area contributed by atoms with E-state index in [-0.39, 0.29) is 17.4 Å². The maximum atomic E-state index is 12.6. The molecule has 0 aliphatic rings. The van der Waals surface area contributed by atoms with Crippen molar-refractivity contribution in [1.29, 1.82) is 0 Å². The summed E-state index contributed by atoms with van der Waals surface area (Å²) in [6.45, 7) is 0. The third-order valence-corrected chi connectivity index (χ3v) is 6.63. The first kappa shape index (κ1) is 21.9. The lowest BCUT2D eigenvalue weighted by Crippen LogP contribution is -2.14. The van der Waals surface area contributed by atoms with Crippen molar-refractivity contribution in [3.63, 3.8) is 0 Å². The zero-order valence-electron chi connectivity index (χ0n) is 17.8. The van der Waals surface area contributed by atoms with Crippen molar-refractivity contribution in [2.45, 2.75) is 5.16 Å². The quantitative estimate of drug-likeness (QED) is 0.296. The van der Waals surface area contributed by atoms with E-state index in [1.54, 1.807) is 18.2 Å². The zero-order valence-corrected chi connectivity index (χ0v) is 19.5. The molecule has 168 valence electrons. The molecule has 0 radical (unpaired) electrons. The van der Waals surface area contributed by atoms with Crippen LogP contribution < -0.4 is 5.32 Å². The first-order chi connectivity index (χ1) is 16.7. The fraction of sp³-hybridized carbons (Fsp3) is 0.0400. The molecule has 9 heteroatoms. The van der Waals surface area contributed by atoms with Gasteiger partial charge in [-0.2, -0.15) is 0 Å². The van der Waals surface area contributed by atoms with Crippen LogP contribution in [0.3, 0.4) is 0 Å². The Balaban J connectivity index is 1.34. The summed E-state index contributed by atoms with van der Waals surface area (Å²) in [6, 6.07) is 26.4. The minimum atomic E-state index is -0.189. The monoisotopic (exact) mass is 485 g/mol. The molecule has 0 aliphatic carbocycles. The van der Waals surface area contributed by atoms with Gasteiger partial charge in [0.2, 0.25) is 5.91 Å². The van der Waals surface area contributed by atoms with Gasteiger partial charge in [-0.1, -0.05) is 72.4 Å². The number of amides is 1. The molecule has 2 heterocycles. The lowest BCUT2D eigenvalue weighted by molar-refractivity contribution is -0.113. The number of rotatable bonds is 7. The van der Waals surface area contributed by atoms with Crippen molar-refractivity contribution in [1.82, 2.24) is 19.7 Å². The Morgan fingerprint density at radius 1 is 0.941 bits per heavy atom. The fourth-order valence-corrected chi connectivity index (χ4v) is 4.86. The average molecular weight is 486 g/mol. The number of hydrogen-bond acceptors (Lipinski definition) is 7. The summed E-state index contributed by atoms with van der Waals surface area (Å²) in [7, 11) is 0. The highest BCUT2D eigenvalue weighted by Gasteiger charge is 2.19. The van der Waals surface area contributed by atoms with E-state index in [0.29, 0.717) is 21.7 Å². The maximum absolute atomic E-state index is 12.6. The second-order valence-electron chi connectivity index (χ2n) is 7.24. The molecule has 0 aliphatic heterocycles. The molecule has 5 aromatic rings. The standard InChI is InChI=1S/C25H19N5O2S2/c31-21-14-8-7-13-19(21)23-28-29-25(30(23)18-11-5-2-6-12-18)34-16-22(32)27-24-26-20(15-33-24)17-9-3-1-4-10-17/h1-15,31H,16H2,(H,26,27,32). The lowest BCUT2D eigenvalue weighted by Gasteiger charge is -2.11. The summed E-state index contributed by atoms with van der Waals surface area (Å²) < 4.78 is 1.84. The van der Waals surface area contributed by atoms with Gasteiger partial charge in [0.15, 0.2) is 16.1 Å². The predicted molar refractivity (Wildman–Crippen MR) is 135 cm³/mol. The van der Waals surface area contributed by atoms with Gasteiger partial charge < -0.3 is 10.4 Å². The largest absolute Gasteiger partial charge is 0.507 e. The lowest BCUT2D eigenvalue weighted by atomic mass is 10.2. The number of para-hydroxylation sites is 2. The number of thioether (sulfide) groups is 1. The molecule has 1 amide bonds. The second kappa shape index (κ2) is 9.90. The van der Waals surface area contributed by atoms with E-state index in [9.17, 15) is 9.90 Å². The van der Waals surface area contributed by atoms with Crippen molar-refractivity contribution >= 4 is 34.1 Å². The predicted octanol–water partition coefficient (Wildman–Crippen LogP) is 5.49. The number of nitrogens with one attached hydrogen (secondary N) is 1. The Kier molecular flexibility index (Phi) is 6.37. The van der Waals surface area contributed by atoms with Crippen LogP contribution in [0.1, 0.15) is 0 Å². The van der Waals surface area contributed by atoms with E-state index in [1.165, 1.54) is 23.1 Å². The van der Waals surface area contributed by atoms with E-state index in [2.05, 4.69) is 20.5 Å². The number of benzene rings is 3. The van der Waals surface area contributed by atoms with E-state index in [4.69, 9.17) is 0 Å². The molecule has 0 saturated heterocycles. The highest BCUT2D eigenvalue weighted by Crippen LogP contribution is 2.32. The van der Waals surface area contributed by atoms with Gasteiger partial charge in [0.1, 0.15) is 5.75 Å². The number of phenolic OH excluding ortho intramolecular Hbond substituents is 1.